The average molecular weight is 431 g/mol. The van der Waals surface area contributed by atoms with Crippen LogP contribution in [0, 0.1) is 0 Å². The van der Waals surface area contributed by atoms with Crippen molar-refractivity contribution in [3.8, 4) is 0 Å². The van der Waals surface area contributed by atoms with Crippen LogP contribution in [0.4, 0.5) is 0 Å². The van der Waals surface area contributed by atoms with Crippen molar-refractivity contribution in [3.05, 3.63) is 59.6 Å². The Bertz CT molecular complexity index is 1070. The fourth-order valence-corrected chi connectivity index (χ4v) is 4.44. The van der Waals surface area contributed by atoms with Gasteiger partial charge in [0.25, 0.3) is 0 Å². The number of carbonyl (C=O) groups excluding carboxylic acids is 1. The minimum atomic E-state index is -4.12. The van der Waals surface area contributed by atoms with Crippen LogP contribution in [0.2, 0.25) is 0 Å². The Kier molecular flexibility index (Phi) is 7.11. The molecule has 152 valence electrons. The Morgan fingerprint density at radius 2 is 1.76 bits per heavy atom. The number of benzene rings is 2. The largest absolute Gasteiger partial charge is 0.358 e. The first-order valence-corrected chi connectivity index (χ1v) is 11.7. The molecule has 0 aliphatic rings. The van der Waals surface area contributed by atoms with Gasteiger partial charge in [0, 0.05) is 6.42 Å². The maximum Gasteiger partial charge on any atom is 0.358 e. The SMILES string of the molecule is CCCCCCC(=O)/C(=N\OS(=O)(=O)c1ccccc1)c1nc2ccccc2s1. The molecular formula is C21H22N2O4S2. The summed E-state index contributed by atoms with van der Waals surface area (Å²) < 4.78 is 30.6. The molecule has 0 aliphatic heterocycles. The summed E-state index contributed by atoms with van der Waals surface area (Å²) in [5.41, 5.74) is 0.673. The second-order valence-corrected chi connectivity index (χ2v) is 9.06. The number of nitrogens with zero attached hydrogens (tertiary/aromatic N) is 2. The molecule has 0 saturated heterocycles. The molecule has 2 aromatic carbocycles. The van der Waals surface area contributed by atoms with Gasteiger partial charge in [-0.1, -0.05) is 61.7 Å². The topological polar surface area (TPSA) is 85.7 Å². The number of thiazole rings is 1. The van der Waals surface area contributed by atoms with Crippen LogP contribution in [0.5, 0.6) is 0 Å². The lowest BCUT2D eigenvalue weighted by molar-refractivity contribution is -0.113. The van der Waals surface area contributed by atoms with Gasteiger partial charge in [-0.25, -0.2) is 4.98 Å². The van der Waals surface area contributed by atoms with E-state index >= 15 is 0 Å². The number of Topliss-reactive ketones (excluding diaryl/α,β-unsaturated/α-hetero) is 1. The Balaban J connectivity index is 1.89. The van der Waals surface area contributed by atoms with Crippen molar-refractivity contribution in [2.75, 3.05) is 0 Å². The van der Waals surface area contributed by atoms with E-state index in [9.17, 15) is 13.2 Å². The Morgan fingerprint density at radius 3 is 2.48 bits per heavy atom. The zero-order valence-electron chi connectivity index (χ0n) is 16.1. The lowest BCUT2D eigenvalue weighted by Crippen LogP contribution is -2.17. The van der Waals surface area contributed by atoms with E-state index in [2.05, 4.69) is 17.1 Å². The van der Waals surface area contributed by atoms with E-state index in [0.717, 1.165) is 29.5 Å². The van der Waals surface area contributed by atoms with Crippen molar-refractivity contribution < 1.29 is 17.5 Å². The average Bonchev–Trinajstić information content (AvgIpc) is 3.15. The molecule has 0 amide bonds. The van der Waals surface area contributed by atoms with E-state index in [1.54, 1.807) is 18.2 Å². The van der Waals surface area contributed by atoms with Crippen LogP contribution in [0.1, 0.15) is 44.0 Å². The van der Waals surface area contributed by atoms with Gasteiger partial charge in [-0.15, -0.1) is 11.3 Å². The smallest absolute Gasteiger partial charge is 0.292 e. The van der Waals surface area contributed by atoms with Gasteiger partial charge in [0.1, 0.15) is 9.90 Å². The molecule has 29 heavy (non-hydrogen) atoms. The summed E-state index contributed by atoms with van der Waals surface area (Å²) in [6.07, 6.45) is 4.01. The lowest BCUT2D eigenvalue weighted by Gasteiger charge is -2.04. The second kappa shape index (κ2) is 9.76. The highest BCUT2D eigenvalue weighted by Gasteiger charge is 2.22. The number of hydrogen-bond donors (Lipinski definition) is 0. The third-order valence-electron chi connectivity index (χ3n) is 4.28. The van der Waals surface area contributed by atoms with Crippen LogP contribution in [0.3, 0.4) is 0 Å². The highest BCUT2D eigenvalue weighted by molar-refractivity contribution is 7.86. The number of carbonyl (C=O) groups is 1. The molecule has 1 heterocycles. The van der Waals surface area contributed by atoms with E-state index in [-0.39, 0.29) is 22.8 Å². The molecule has 0 fully saturated rings. The van der Waals surface area contributed by atoms with Gasteiger partial charge < -0.3 is 0 Å². The minimum absolute atomic E-state index is 0.0252. The summed E-state index contributed by atoms with van der Waals surface area (Å²) in [5.74, 6) is -0.275. The van der Waals surface area contributed by atoms with Crippen molar-refractivity contribution in [2.24, 2.45) is 5.16 Å². The highest BCUT2D eigenvalue weighted by Crippen LogP contribution is 2.24. The van der Waals surface area contributed by atoms with Gasteiger partial charge in [0.15, 0.2) is 11.5 Å². The van der Waals surface area contributed by atoms with Gasteiger partial charge in [-0.05, 0) is 30.7 Å². The standard InChI is InChI=1S/C21H22N2O4S2/c1-2-3-4-8-14-18(24)20(21-22-17-13-9-10-15-19(17)28-21)23-27-29(25,26)16-11-6-5-7-12-16/h5-7,9-13,15H,2-4,8,14H2,1H3/b23-20+. The van der Waals surface area contributed by atoms with Crippen molar-refractivity contribution in [3.63, 3.8) is 0 Å². The van der Waals surface area contributed by atoms with E-state index < -0.39 is 10.1 Å². The number of fused-ring (bicyclic) bond motifs is 1. The van der Waals surface area contributed by atoms with Gasteiger partial charge in [0.2, 0.25) is 0 Å². The summed E-state index contributed by atoms with van der Waals surface area (Å²) in [5, 5.41) is 4.12. The fraction of sp³-hybridized carbons (Fsp3) is 0.286. The van der Waals surface area contributed by atoms with Crippen molar-refractivity contribution in [2.45, 2.75) is 43.9 Å². The first-order chi connectivity index (χ1) is 14.0. The van der Waals surface area contributed by atoms with Gasteiger partial charge >= 0.3 is 10.1 Å². The summed E-state index contributed by atoms with van der Waals surface area (Å²) >= 11 is 1.29. The minimum Gasteiger partial charge on any atom is -0.292 e. The predicted octanol–water partition coefficient (Wildman–Crippen LogP) is 4.95. The highest BCUT2D eigenvalue weighted by atomic mass is 32.2. The summed E-state index contributed by atoms with van der Waals surface area (Å²) in [7, 11) is -4.12. The first-order valence-electron chi connectivity index (χ1n) is 9.47. The maximum absolute atomic E-state index is 12.8. The Labute approximate surface area is 174 Å². The molecule has 0 unspecified atom stereocenters. The summed E-state index contributed by atoms with van der Waals surface area (Å²) in [4.78, 5) is 17.2. The summed E-state index contributed by atoms with van der Waals surface area (Å²) in [6, 6.07) is 15.2. The fourth-order valence-electron chi connectivity index (χ4n) is 2.73. The number of rotatable bonds is 10. The molecule has 0 spiro atoms. The molecule has 3 aromatic rings. The molecule has 6 nitrogen and oxygen atoms in total. The monoisotopic (exact) mass is 430 g/mol. The number of para-hydroxylation sites is 1. The molecule has 8 heteroatoms. The number of ketones is 1. The van der Waals surface area contributed by atoms with E-state index in [4.69, 9.17) is 4.28 Å². The van der Waals surface area contributed by atoms with Crippen LogP contribution < -0.4 is 0 Å². The second-order valence-electron chi connectivity index (χ2n) is 6.50. The third kappa shape index (κ3) is 5.48. The van der Waals surface area contributed by atoms with Crippen LogP contribution in [0.25, 0.3) is 10.2 Å². The van der Waals surface area contributed by atoms with Crippen LogP contribution in [-0.4, -0.2) is 24.9 Å². The maximum atomic E-state index is 12.8. The molecule has 0 saturated carbocycles. The molecule has 0 radical (unpaired) electrons. The molecule has 1 aromatic heterocycles. The molecular weight excluding hydrogens is 408 g/mol. The number of oxime groups is 1. The molecule has 0 aliphatic carbocycles. The molecule has 0 N–H and O–H groups in total. The third-order valence-corrected chi connectivity index (χ3v) is 6.44. The Hall–Kier alpha value is -2.58. The quantitative estimate of drug-likeness (QED) is 0.258. The Morgan fingerprint density at radius 1 is 1.03 bits per heavy atom. The number of aromatic nitrogens is 1. The van der Waals surface area contributed by atoms with Crippen molar-refractivity contribution in [1.82, 2.24) is 4.98 Å². The van der Waals surface area contributed by atoms with Crippen molar-refractivity contribution in [1.29, 1.82) is 0 Å². The predicted molar refractivity (Wildman–Crippen MR) is 115 cm³/mol. The van der Waals surface area contributed by atoms with Crippen LogP contribution in [-0.2, 0) is 19.2 Å². The number of hydrogen-bond acceptors (Lipinski definition) is 7. The molecule has 0 bridgehead atoms. The zero-order chi connectivity index (χ0) is 20.7. The molecule has 3 rings (SSSR count). The zero-order valence-corrected chi connectivity index (χ0v) is 17.7. The van der Waals surface area contributed by atoms with Crippen molar-refractivity contribution >= 4 is 43.2 Å². The van der Waals surface area contributed by atoms with Crippen LogP contribution >= 0.6 is 11.3 Å². The normalized spacial score (nSPS) is 12.2. The van der Waals surface area contributed by atoms with E-state index in [0.29, 0.717) is 11.4 Å². The lowest BCUT2D eigenvalue weighted by atomic mass is 10.1. The summed E-state index contributed by atoms with van der Waals surface area (Å²) in [6.45, 7) is 2.10. The molecule has 0 atom stereocenters. The van der Waals surface area contributed by atoms with E-state index in [1.807, 2.05) is 24.3 Å². The van der Waals surface area contributed by atoms with Gasteiger partial charge in [0.05, 0.1) is 10.2 Å². The first kappa shape index (κ1) is 21.1. The van der Waals surface area contributed by atoms with E-state index in [1.165, 1.54) is 23.5 Å². The number of unbranched alkanes of at least 4 members (excludes halogenated alkanes) is 3. The van der Waals surface area contributed by atoms with Crippen LogP contribution in [0.15, 0.2) is 64.6 Å². The van der Waals surface area contributed by atoms with Gasteiger partial charge in [-0.2, -0.15) is 8.42 Å². The van der Waals surface area contributed by atoms with Gasteiger partial charge in [-0.3, -0.25) is 9.08 Å².